The number of halogens is 1. The summed E-state index contributed by atoms with van der Waals surface area (Å²) in [6.45, 7) is 1.12. The first-order valence-electron chi connectivity index (χ1n) is 9.24. The molecule has 1 fully saturated rings. The fourth-order valence-electron chi connectivity index (χ4n) is 3.28. The van der Waals surface area contributed by atoms with E-state index >= 15 is 0 Å². The Kier molecular flexibility index (Phi) is 5.43. The topological polar surface area (TPSA) is 111 Å². The molecule has 0 spiro atoms. The molecule has 0 bridgehead atoms. The zero-order chi connectivity index (χ0) is 20.4. The van der Waals surface area contributed by atoms with Crippen LogP contribution in [0.3, 0.4) is 0 Å². The SMILES string of the molecule is O=C1CCC(C(=O)NCCn2ncc3c(=O)n(Cc4ccc(Br)cc4)cnc32)N1. The Morgan fingerprint density at radius 1 is 1.28 bits per heavy atom. The molecule has 1 aromatic carbocycles. The second-order valence-corrected chi connectivity index (χ2v) is 7.77. The molecule has 10 heteroatoms. The molecule has 0 radical (unpaired) electrons. The van der Waals surface area contributed by atoms with E-state index in [1.165, 1.54) is 12.5 Å². The lowest BCUT2D eigenvalue weighted by molar-refractivity contribution is -0.125. The van der Waals surface area contributed by atoms with E-state index in [0.29, 0.717) is 43.5 Å². The molecule has 2 N–H and O–H groups in total. The number of benzene rings is 1. The molecular formula is C19H19BrN6O3. The molecule has 1 atom stereocenters. The third-order valence-electron chi connectivity index (χ3n) is 4.82. The summed E-state index contributed by atoms with van der Waals surface area (Å²) in [6, 6.07) is 7.27. The Bertz CT molecular complexity index is 1120. The maximum absolute atomic E-state index is 12.8. The third-order valence-corrected chi connectivity index (χ3v) is 5.35. The van der Waals surface area contributed by atoms with Crippen LogP contribution in [-0.4, -0.2) is 43.7 Å². The second-order valence-electron chi connectivity index (χ2n) is 6.86. The van der Waals surface area contributed by atoms with Gasteiger partial charge in [0.2, 0.25) is 11.8 Å². The van der Waals surface area contributed by atoms with Crippen molar-refractivity contribution < 1.29 is 9.59 Å². The summed E-state index contributed by atoms with van der Waals surface area (Å²) in [5.74, 6) is -0.316. The van der Waals surface area contributed by atoms with Crippen LogP contribution in [0.2, 0.25) is 0 Å². The van der Waals surface area contributed by atoms with Gasteiger partial charge in [0.1, 0.15) is 17.8 Å². The highest BCUT2D eigenvalue weighted by atomic mass is 79.9. The largest absolute Gasteiger partial charge is 0.352 e. The highest BCUT2D eigenvalue weighted by Crippen LogP contribution is 2.12. The van der Waals surface area contributed by atoms with Crippen LogP contribution in [0.25, 0.3) is 11.0 Å². The van der Waals surface area contributed by atoms with E-state index in [2.05, 4.69) is 36.6 Å². The van der Waals surface area contributed by atoms with E-state index in [0.717, 1.165) is 10.0 Å². The van der Waals surface area contributed by atoms with Gasteiger partial charge in [0.05, 0.1) is 19.3 Å². The average molecular weight is 459 g/mol. The van der Waals surface area contributed by atoms with Crippen LogP contribution < -0.4 is 16.2 Å². The van der Waals surface area contributed by atoms with Gasteiger partial charge in [-0.3, -0.25) is 19.0 Å². The van der Waals surface area contributed by atoms with Gasteiger partial charge in [-0.25, -0.2) is 9.67 Å². The zero-order valence-corrected chi connectivity index (χ0v) is 17.1. The highest BCUT2D eigenvalue weighted by molar-refractivity contribution is 9.10. The molecule has 2 aromatic heterocycles. The Hall–Kier alpha value is -3.01. The van der Waals surface area contributed by atoms with Crippen LogP contribution >= 0.6 is 15.9 Å². The number of hydrogen-bond acceptors (Lipinski definition) is 5. The number of carbonyl (C=O) groups excluding carboxylic acids is 2. The molecule has 0 saturated carbocycles. The van der Waals surface area contributed by atoms with Crippen LogP contribution in [0.15, 0.2) is 46.1 Å². The van der Waals surface area contributed by atoms with E-state index in [1.807, 2.05) is 24.3 Å². The summed E-state index contributed by atoms with van der Waals surface area (Å²) in [5, 5.41) is 10.1. The Morgan fingerprint density at radius 3 is 2.79 bits per heavy atom. The first kappa shape index (κ1) is 19.3. The second kappa shape index (κ2) is 8.16. The van der Waals surface area contributed by atoms with Gasteiger partial charge in [0.25, 0.3) is 5.56 Å². The minimum absolute atomic E-state index is 0.105. The third kappa shape index (κ3) is 4.21. The molecule has 150 valence electrons. The summed E-state index contributed by atoms with van der Waals surface area (Å²) >= 11 is 3.40. The number of rotatable bonds is 6. The molecule has 4 rings (SSSR count). The van der Waals surface area contributed by atoms with Gasteiger partial charge in [0, 0.05) is 17.4 Å². The summed E-state index contributed by atoms with van der Waals surface area (Å²) in [5.41, 5.74) is 1.30. The van der Waals surface area contributed by atoms with Crippen molar-refractivity contribution in [3.05, 3.63) is 57.2 Å². The zero-order valence-electron chi connectivity index (χ0n) is 15.5. The van der Waals surface area contributed by atoms with E-state index in [1.54, 1.807) is 9.25 Å². The van der Waals surface area contributed by atoms with Crippen molar-refractivity contribution in [1.29, 1.82) is 0 Å². The number of fused-ring (bicyclic) bond motifs is 1. The molecule has 1 aliphatic heterocycles. The number of carbonyl (C=O) groups is 2. The summed E-state index contributed by atoms with van der Waals surface area (Å²) in [4.78, 5) is 40.4. The number of amides is 2. The van der Waals surface area contributed by atoms with Crippen molar-refractivity contribution in [3.63, 3.8) is 0 Å². The van der Waals surface area contributed by atoms with Crippen molar-refractivity contribution in [2.45, 2.75) is 32.0 Å². The van der Waals surface area contributed by atoms with Crippen molar-refractivity contribution in [2.24, 2.45) is 0 Å². The van der Waals surface area contributed by atoms with Crippen LogP contribution in [-0.2, 0) is 22.7 Å². The van der Waals surface area contributed by atoms with E-state index < -0.39 is 6.04 Å². The van der Waals surface area contributed by atoms with E-state index in [4.69, 9.17) is 0 Å². The fraction of sp³-hybridized carbons (Fsp3) is 0.316. The molecule has 3 aromatic rings. The van der Waals surface area contributed by atoms with Crippen LogP contribution in [0.4, 0.5) is 0 Å². The molecule has 2 amide bonds. The minimum atomic E-state index is -0.471. The van der Waals surface area contributed by atoms with Gasteiger partial charge in [-0.05, 0) is 24.1 Å². The standard InChI is InChI=1S/C19H19BrN6O3/c20-13-3-1-12(2-4-13)10-25-11-22-17-14(19(25)29)9-23-26(17)8-7-21-18(28)15-5-6-16(27)24-15/h1-4,9,11,15H,5-8,10H2,(H,21,28)(H,24,27). The lowest BCUT2D eigenvalue weighted by Crippen LogP contribution is -2.42. The molecule has 3 heterocycles. The van der Waals surface area contributed by atoms with Gasteiger partial charge >= 0.3 is 0 Å². The van der Waals surface area contributed by atoms with Crippen molar-refractivity contribution >= 4 is 38.8 Å². The van der Waals surface area contributed by atoms with Crippen LogP contribution in [0.1, 0.15) is 18.4 Å². The van der Waals surface area contributed by atoms with Crippen molar-refractivity contribution in [1.82, 2.24) is 30.0 Å². The molecule has 1 unspecified atom stereocenters. The molecule has 1 saturated heterocycles. The van der Waals surface area contributed by atoms with Gasteiger partial charge in [-0.2, -0.15) is 5.10 Å². The highest BCUT2D eigenvalue weighted by Gasteiger charge is 2.26. The maximum atomic E-state index is 12.8. The van der Waals surface area contributed by atoms with E-state index in [9.17, 15) is 14.4 Å². The normalized spacial score (nSPS) is 16.2. The smallest absolute Gasteiger partial charge is 0.264 e. The number of hydrogen-bond donors (Lipinski definition) is 2. The molecule has 9 nitrogen and oxygen atoms in total. The van der Waals surface area contributed by atoms with Gasteiger partial charge in [-0.1, -0.05) is 28.1 Å². The lowest BCUT2D eigenvalue weighted by atomic mass is 10.2. The predicted octanol–water partition coefficient (Wildman–Crippen LogP) is 0.799. The maximum Gasteiger partial charge on any atom is 0.264 e. The molecule has 0 aliphatic carbocycles. The Balaban J connectivity index is 1.43. The fourth-order valence-corrected chi connectivity index (χ4v) is 3.54. The molecular weight excluding hydrogens is 440 g/mol. The first-order valence-corrected chi connectivity index (χ1v) is 10.0. The van der Waals surface area contributed by atoms with Gasteiger partial charge in [0.15, 0.2) is 5.65 Å². The summed E-state index contributed by atoms with van der Waals surface area (Å²) < 4.78 is 4.11. The van der Waals surface area contributed by atoms with Crippen LogP contribution in [0.5, 0.6) is 0 Å². The number of aromatic nitrogens is 4. The van der Waals surface area contributed by atoms with Crippen molar-refractivity contribution in [2.75, 3.05) is 6.54 Å². The predicted molar refractivity (Wildman–Crippen MR) is 109 cm³/mol. The molecule has 1 aliphatic rings. The number of nitrogens with zero attached hydrogens (tertiary/aromatic N) is 4. The Morgan fingerprint density at radius 2 is 2.07 bits per heavy atom. The first-order chi connectivity index (χ1) is 14.0. The Labute approximate surface area is 174 Å². The van der Waals surface area contributed by atoms with Crippen molar-refractivity contribution in [3.8, 4) is 0 Å². The summed E-state index contributed by atoms with van der Waals surface area (Å²) in [6.07, 6.45) is 3.90. The van der Waals surface area contributed by atoms with Crippen LogP contribution in [0, 0.1) is 0 Å². The monoisotopic (exact) mass is 458 g/mol. The number of nitrogens with one attached hydrogen (secondary N) is 2. The quantitative estimate of drug-likeness (QED) is 0.567. The molecule has 29 heavy (non-hydrogen) atoms. The van der Waals surface area contributed by atoms with E-state index in [-0.39, 0.29) is 17.4 Å². The average Bonchev–Trinajstić information content (AvgIpc) is 3.32. The van der Waals surface area contributed by atoms with Gasteiger partial charge < -0.3 is 10.6 Å². The van der Waals surface area contributed by atoms with Gasteiger partial charge in [-0.15, -0.1) is 0 Å². The summed E-state index contributed by atoms with van der Waals surface area (Å²) in [7, 11) is 0. The lowest BCUT2D eigenvalue weighted by Gasteiger charge is -2.11. The minimum Gasteiger partial charge on any atom is -0.352 e.